The minimum absolute atomic E-state index is 0.0542. The van der Waals surface area contributed by atoms with Crippen molar-refractivity contribution in [1.29, 1.82) is 0 Å². The Balaban J connectivity index is 3.44. The van der Waals surface area contributed by atoms with E-state index in [9.17, 15) is 4.79 Å². The lowest BCUT2D eigenvalue weighted by atomic mass is 10.0. The molecule has 0 aliphatic rings. The molecule has 0 aliphatic carbocycles. The zero-order valence-electron chi connectivity index (χ0n) is 5.58. The van der Waals surface area contributed by atoms with Crippen molar-refractivity contribution in [2.45, 2.75) is 19.4 Å². The molecule has 0 saturated heterocycles. The van der Waals surface area contributed by atoms with E-state index in [1.807, 2.05) is 6.92 Å². The van der Waals surface area contributed by atoms with E-state index in [1.54, 1.807) is 0 Å². The fraction of sp³-hybridized carbons (Fsp3) is 0.833. The molecule has 0 spiro atoms. The Morgan fingerprint density at radius 1 is 1.78 bits per heavy atom. The SMILES string of the molecule is C[C@@H](CC=O)[C@@H](N)CS. The third-order valence-corrected chi connectivity index (χ3v) is 1.83. The normalized spacial score (nSPS) is 16.8. The van der Waals surface area contributed by atoms with Crippen LogP contribution in [-0.2, 0) is 4.79 Å². The standard InChI is InChI=1S/C6H13NOS/c1-5(2-3-8)6(7)4-9/h3,5-6,9H,2,4,7H2,1H3/t5-,6-/m0/s1. The smallest absolute Gasteiger partial charge is 0.120 e. The molecule has 9 heavy (non-hydrogen) atoms. The molecule has 0 unspecified atom stereocenters. The molecule has 0 bridgehead atoms. The minimum atomic E-state index is 0.0542. The van der Waals surface area contributed by atoms with Crippen molar-refractivity contribution in [3.8, 4) is 0 Å². The van der Waals surface area contributed by atoms with Gasteiger partial charge in [0.15, 0.2) is 0 Å². The molecule has 2 N–H and O–H groups in total. The zero-order chi connectivity index (χ0) is 7.28. The molecule has 0 heterocycles. The fourth-order valence-electron chi connectivity index (χ4n) is 0.507. The molecular weight excluding hydrogens is 134 g/mol. The Morgan fingerprint density at radius 3 is 2.67 bits per heavy atom. The van der Waals surface area contributed by atoms with Gasteiger partial charge in [0.05, 0.1) is 0 Å². The van der Waals surface area contributed by atoms with Gasteiger partial charge in [-0.15, -0.1) is 0 Å². The van der Waals surface area contributed by atoms with Gasteiger partial charge >= 0.3 is 0 Å². The summed E-state index contributed by atoms with van der Waals surface area (Å²) in [6, 6.07) is 0.0542. The molecule has 0 fully saturated rings. The highest BCUT2D eigenvalue weighted by Crippen LogP contribution is 2.04. The van der Waals surface area contributed by atoms with E-state index in [4.69, 9.17) is 5.73 Å². The van der Waals surface area contributed by atoms with E-state index in [0.29, 0.717) is 12.2 Å². The summed E-state index contributed by atoms with van der Waals surface area (Å²) < 4.78 is 0. The second-order valence-corrected chi connectivity index (χ2v) is 2.59. The van der Waals surface area contributed by atoms with Gasteiger partial charge in [0, 0.05) is 18.2 Å². The van der Waals surface area contributed by atoms with Crippen LogP contribution in [0.25, 0.3) is 0 Å². The fourth-order valence-corrected chi connectivity index (χ4v) is 0.866. The van der Waals surface area contributed by atoms with Crippen LogP contribution in [0.4, 0.5) is 0 Å². The lowest BCUT2D eigenvalue weighted by Crippen LogP contribution is -2.30. The van der Waals surface area contributed by atoms with Crippen molar-refractivity contribution in [1.82, 2.24) is 0 Å². The molecule has 2 atom stereocenters. The first-order chi connectivity index (χ1) is 4.22. The van der Waals surface area contributed by atoms with Crippen molar-refractivity contribution < 1.29 is 4.79 Å². The number of thiol groups is 1. The van der Waals surface area contributed by atoms with Gasteiger partial charge in [-0.1, -0.05) is 6.92 Å². The highest BCUT2D eigenvalue weighted by atomic mass is 32.1. The second-order valence-electron chi connectivity index (χ2n) is 2.23. The molecule has 0 aromatic heterocycles. The van der Waals surface area contributed by atoms with Gasteiger partial charge in [0.25, 0.3) is 0 Å². The van der Waals surface area contributed by atoms with Crippen molar-refractivity contribution >= 4 is 18.9 Å². The van der Waals surface area contributed by atoms with Crippen molar-refractivity contribution in [2.24, 2.45) is 11.7 Å². The third-order valence-electron chi connectivity index (χ3n) is 1.41. The number of carbonyl (C=O) groups excluding carboxylic acids is 1. The highest BCUT2D eigenvalue weighted by Gasteiger charge is 2.08. The maximum absolute atomic E-state index is 9.96. The lowest BCUT2D eigenvalue weighted by Gasteiger charge is -2.13. The van der Waals surface area contributed by atoms with Gasteiger partial charge in [-0.2, -0.15) is 12.6 Å². The van der Waals surface area contributed by atoms with E-state index in [-0.39, 0.29) is 12.0 Å². The monoisotopic (exact) mass is 147 g/mol. The summed E-state index contributed by atoms with van der Waals surface area (Å²) >= 11 is 4.01. The summed E-state index contributed by atoms with van der Waals surface area (Å²) in [5.74, 6) is 0.912. The molecule has 0 aromatic carbocycles. The summed E-state index contributed by atoms with van der Waals surface area (Å²) in [6.45, 7) is 1.95. The molecular formula is C6H13NOS. The molecule has 54 valence electrons. The van der Waals surface area contributed by atoms with Crippen molar-refractivity contribution in [3.05, 3.63) is 0 Å². The van der Waals surface area contributed by atoms with Crippen LogP contribution in [0.15, 0.2) is 0 Å². The first-order valence-electron chi connectivity index (χ1n) is 3.02. The van der Waals surface area contributed by atoms with Crippen LogP contribution in [0.2, 0.25) is 0 Å². The van der Waals surface area contributed by atoms with Crippen LogP contribution >= 0.6 is 12.6 Å². The molecule has 0 radical (unpaired) electrons. The Hall–Kier alpha value is -0.0200. The molecule has 2 nitrogen and oxygen atoms in total. The Labute approximate surface area is 61.2 Å². The quantitative estimate of drug-likeness (QED) is 0.448. The Kier molecular flexibility index (Phi) is 4.81. The van der Waals surface area contributed by atoms with Crippen LogP contribution < -0.4 is 5.73 Å². The minimum Gasteiger partial charge on any atom is -0.327 e. The van der Waals surface area contributed by atoms with Gasteiger partial charge in [0.2, 0.25) is 0 Å². The topological polar surface area (TPSA) is 43.1 Å². The van der Waals surface area contributed by atoms with Gasteiger partial charge in [-0.25, -0.2) is 0 Å². The summed E-state index contributed by atoms with van der Waals surface area (Å²) in [7, 11) is 0. The van der Waals surface area contributed by atoms with Gasteiger partial charge in [0.1, 0.15) is 6.29 Å². The number of rotatable bonds is 4. The maximum atomic E-state index is 9.96. The zero-order valence-corrected chi connectivity index (χ0v) is 6.47. The van der Waals surface area contributed by atoms with Crippen molar-refractivity contribution in [3.63, 3.8) is 0 Å². The molecule has 0 aromatic rings. The molecule has 0 saturated carbocycles. The van der Waals surface area contributed by atoms with Crippen LogP contribution in [0, 0.1) is 5.92 Å². The first-order valence-corrected chi connectivity index (χ1v) is 3.65. The summed E-state index contributed by atoms with van der Waals surface area (Å²) in [4.78, 5) is 9.96. The van der Waals surface area contributed by atoms with Gasteiger partial charge in [-0.3, -0.25) is 0 Å². The summed E-state index contributed by atoms with van der Waals surface area (Å²) in [5.41, 5.74) is 5.57. The highest BCUT2D eigenvalue weighted by molar-refractivity contribution is 7.80. The van der Waals surface area contributed by atoms with E-state index < -0.39 is 0 Å². The number of carbonyl (C=O) groups is 1. The van der Waals surface area contributed by atoms with Crippen LogP contribution in [0.3, 0.4) is 0 Å². The molecule has 0 aliphatic heterocycles. The Morgan fingerprint density at radius 2 is 2.33 bits per heavy atom. The molecule has 3 heteroatoms. The summed E-state index contributed by atoms with van der Waals surface area (Å²) in [6.07, 6.45) is 1.44. The summed E-state index contributed by atoms with van der Waals surface area (Å²) in [5, 5.41) is 0. The van der Waals surface area contributed by atoms with Gasteiger partial charge < -0.3 is 10.5 Å². The number of hydrogen-bond donors (Lipinski definition) is 2. The van der Waals surface area contributed by atoms with Crippen molar-refractivity contribution in [2.75, 3.05) is 5.75 Å². The molecule has 0 amide bonds. The number of nitrogens with two attached hydrogens (primary N) is 1. The first kappa shape index (κ1) is 8.98. The largest absolute Gasteiger partial charge is 0.327 e. The van der Waals surface area contributed by atoms with E-state index in [2.05, 4.69) is 12.6 Å². The van der Waals surface area contributed by atoms with Crippen LogP contribution in [0.5, 0.6) is 0 Å². The van der Waals surface area contributed by atoms with Gasteiger partial charge in [-0.05, 0) is 5.92 Å². The average molecular weight is 147 g/mol. The third kappa shape index (κ3) is 3.54. The van der Waals surface area contributed by atoms with Crippen LogP contribution in [-0.4, -0.2) is 18.1 Å². The maximum Gasteiger partial charge on any atom is 0.120 e. The van der Waals surface area contributed by atoms with E-state index >= 15 is 0 Å². The average Bonchev–Trinajstić information content (AvgIpc) is 1.87. The predicted octanol–water partition coefficient (Wildman–Crippen LogP) is 0.469. The molecule has 0 rings (SSSR count). The van der Waals surface area contributed by atoms with Crippen LogP contribution in [0.1, 0.15) is 13.3 Å². The van der Waals surface area contributed by atoms with E-state index in [0.717, 1.165) is 6.29 Å². The second kappa shape index (κ2) is 4.82. The number of aldehydes is 1. The van der Waals surface area contributed by atoms with E-state index in [1.165, 1.54) is 0 Å². The Bertz CT molecular complexity index is 87.1. The number of hydrogen-bond acceptors (Lipinski definition) is 3. The predicted molar refractivity (Wildman–Crippen MR) is 41.7 cm³/mol. The lowest BCUT2D eigenvalue weighted by molar-refractivity contribution is -0.108.